The molecule has 0 radical (unpaired) electrons. The van der Waals surface area contributed by atoms with Gasteiger partial charge >= 0.3 is 0 Å². The second kappa shape index (κ2) is 11.6. The maximum atomic E-state index is 13.1. The van der Waals surface area contributed by atoms with Crippen LogP contribution in [0.1, 0.15) is 35.8 Å². The highest BCUT2D eigenvalue weighted by Gasteiger charge is 2.27. The molecule has 11 heteroatoms. The van der Waals surface area contributed by atoms with Gasteiger partial charge in [-0.05, 0) is 35.9 Å². The van der Waals surface area contributed by atoms with E-state index in [9.17, 15) is 18.5 Å². The lowest BCUT2D eigenvalue weighted by Crippen LogP contribution is -2.31. The van der Waals surface area contributed by atoms with Crippen LogP contribution in [0.4, 0.5) is 0 Å². The zero-order valence-corrected chi connectivity index (χ0v) is 20.9. The number of carbonyl (C=O) groups is 1. The number of ether oxygens (including phenoxy) is 4. The molecule has 184 valence electrons. The molecule has 0 saturated heterocycles. The second-order valence-electron chi connectivity index (χ2n) is 6.95. The van der Waals surface area contributed by atoms with Gasteiger partial charge in [0, 0.05) is 18.7 Å². The molecule has 1 atom stereocenters. The number of nitrogens with zero attached hydrogens (tertiary/aromatic N) is 2. The number of hydrogen-bond donors (Lipinski definition) is 1. The third-order valence-corrected chi connectivity index (χ3v) is 7.25. The van der Waals surface area contributed by atoms with E-state index in [1.54, 1.807) is 26.0 Å². The monoisotopic (exact) mass is 491 g/mol. The number of amides is 1. The predicted octanol–water partition coefficient (Wildman–Crippen LogP) is 2.75. The van der Waals surface area contributed by atoms with Crippen LogP contribution in [-0.2, 0) is 10.0 Å². The van der Waals surface area contributed by atoms with Gasteiger partial charge in [0.25, 0.3) is 5.91 Å². The molecule has 0 aromatic heterocycles. The number of carbonyl (C=O) groups excluding carboxylic acids is 1. The van der Waals surface area contributed by atoms with Crippen molar-refractivity contribution < 1.29 is 32.2 Å². The molecule has 2 aromatic rings. The fraction of sp³-hybridized carbons (Fsp3) is 0.391. The van der Waals surface area contributed by atoms with Crippen LogP contribution in [0, 0.1) is 11.3 Å². The molecular weight excluding hydrogens is 462 g/mol. The number of nitriles is 1. The zero-order chi connectivity index (χ0) is 25.5. The standard InChI is InChI=1S/C23H29N3O7S/c1-7-26(8-2)34(28,29)21-13-15(9-10-18(21)30-3)23(27)25-17(14-24)16-11-19(31-4)22(33-6)20(12-16)32-5/h9-13,17H,7-8H2,1-6H3,(H,25,27). The van der Waals surface area contributed by atoms with Crippen molar-refractivity contribution in [3.8, 4) is 29.1 Å². The summed E-state index contributed by atoms with van der Waals surface area (Å²) in [5.41, 5.74) is 0.453. The predicted molar refractivity (Wildman–Crippen MR) is 125 cm³/mol. The third kappa shape index (κ3) is 5.35. The van der Waals surface area contributed by atoms with Gasteiger partial charge in [0.05, 0.1) is 34.5 Å². The Morgan fingerprint density at radius 1 is 0.971 bits per heavy atom. The fourth-order valence-corrected chi connectivity index (χ4v) is 5.03. The molecule has 0 aliphatic heterocycles. The van der Waals surface area contributed by atoms with Crippen LogP contribution < -0.4 is 24.3 Å². The highest BCUT2D eigenvalue weighted by atomic mass is 32.2. The maximum absolute atomic E-state index is 13.1. The minimum atomic E-state index is -3.90. The molecule has 1 N–H and O–H groups in total. The summed E-state index contributed by atoms with van der Waals surface area (Å²) in [5.74, 6) is 0.467. The van der Waals surface area contributed by atoms with Crippen molar-refractivity contribution in [2.24, 2.45) is 0 Å². The van der Waals surface area contributed by atoms with Crippen molar-refractivity contribution >= 4 is 15.9 Å². The van der Waals surface area contributed by atoms with E-state index in [0.717, 1.165) is 0 Å². The topological polar surface area (TPSA) is 127 Å². The van der Waals surface area contributed by atoms with Crippen LogP contribution in [0.5, 0.6) is 23.0 Å². The van der Waals surface area contributed by atoms with Crippen LogP contribution in [0.2, 0.25) is 0 Å². The molecule has 10 nitrogen and oxygen atoms in total. The summed E-state index contributed by atoms with van der Waals surface area (Å²) in [6.45, 7) is 3.96. The van der Waals surface area contributed by atoms with E-state index in [1.807, 2.05) is 6.07 Å². The number of methoxy groups -OCH3 is 4. The van der Waals surface area contributed by atoms with E-state index in [2.05, 4.69) is 5.32 Å². The second-order valence-corrected chi connectivity index (χ2v) is 8.86. The van der Waals surface area contributed by atoms with E-state index < -0.39 is 22.0 Å². The average Bonchev–Trinajstić information content (AvgIpc) is 2.86. The number of hydrogen-bond acceptors (Lipinski definition) is 8. The summed E-state index contributed by atoms with van der Waals surface area (Å²) in [6.07, 6.45) is 0. The van der Waals surface area contributed by atoms with Gasteiger partial charge in [-0.2, -0.15) is 9.57 Å². The highest BCUT2D eigenvalue weighted by Crippen LogP contribution is 2.39. The maximum Gasteiger partial charge on any atom is 0.252 e. The number of rotatable bonds is 11. The summed E-state index contributed by atoms with van der Waals surface area (Å²) in [4.78, 5) is 12.9. The fourth-order valence-electron chi connectivity index (χ4n) is 3.39. The molecule has 2 aromatic carbocycles. The number of benzene rings is 2. The summed E-state index contributed by atoms with van der Waals surface area (Å²) >= 11 is 0. The molecule has 34 heavy (non-hydrogen) atoms. The first-order valence-corrected chi connectivity index (χ1v) is 11.8. The van der Waals surface area contributed by atoms with Crippen LogP contribution in [0.3, 0.4) is 0 Å². The quantitative estimate of drug-likeness (QED) is 0.508. The van der Waals surface area contributed by atoms with Gasteiger partial charge < -0.3 is 24.3 Å². The van der Waals surface area contributed by atoms with Crippen molar-refractivity contribution in [1.82, 2.24) is 9.62 Å². The molecular formula is C23H29N3O7S. The van der Waals surface area contributed by atoms with Gasteiger partial charge in [-0.3, -0.25) is 4.79 Å². The van der Waals surface area contributed by atoms with E-state index in [0.29, 0.717) is 22.8 Å². The zero-order valence-electron chi connectivity index (χ0n) is 20.0. The SMILES string of the molecule is CCN(CC)S(=O)(=O)c1cc(C(=O)NC(C#N)c2cc(OC)c(OC)c(OC)c2)ccc1OC. The van der Waals surface area contributed by atoms with Crippen molar-refractivity contribution in [3.63, 3.8) is 0 Å². The van der Waals surface area contributed by atoms with Gasteiger partial charge in [0.2, 0.25) is 15.8 Å². The molecule has 0 spiro atoms. The van der Waals surface area contributed by atoms with E-state index in [-0.39, 0.29) is 29.3 Å². The Bertz CT molecular complexity index is 1150. The lowest BCUT2D eigenvalue weighted by molar-refractivity contribution is 0.0944. The summed E-state index contributed by atoms with van der Waals surface area (Å²) in [6, 6.07) is 8.14. The highest BCUT2D eigenvalue weighted by molar-refractivity contribution is 7.89. The van der Waals surface area contributed by atoms with Crippen molar-refractivity contribution in [2.45, 2.75) is 24.8 Å². The minimum Gasteiger partial charge on any atom is -0.495 e. The summed E-state index contributed by atoms with van der Waals surface area (Å²) < 4.78 is 48.5. The van der Waals surface area contributed by atoms with Crippen molar-refractivity contribution in [1.29, 1.82) is 5.26 Å². The van der Waals surface area contributed by atoms with Crippen molar-refractivity contribution in [2.75, 3.05) is 41.5 Å². The summed E-state index contributed by atoms with van der Waals surface area (Å²) in [5, 5.41) is 12.3. The van der Waals surface area contributed by atoms with Gasteiger partial charge in [-0.1, -0.05) is 13.8 Å². The average molecular weight is 492 g/mol. The largest absolute Gasteiger partial charge is 0.495 e. The van der Waals surface area contributed by atoms with Gasteiger partial charge in [0.15, 0.2) is 11.5 Å². The molecule has 0 bridgehead atoms. The van der Waals surface area contributed by atoms with Crippen LogP contribution >= 0.6 is 0 Å². The first kappa shape index (κ1) is 26.8. The minimum absolute atomic E-state index is 0.0548. The Kier molecular flexibility index (Phi) is 9.11. The Morgan fingerprint density at radius 2 is 1.53 bits per heavy atom. The first-order valence-electron chi connectivity index (χ1n) is 10.4. The van der Waals surface area contributed by atoms with E-state index in [4.69, 9.17) is 18.9 Å². The lowest BCUT2D eigenvalue weighted by Gasteiger charge is -2.21. The molecule has 0 heterocycles. The van der Waals surface area contributed by atoms with E-state index in [1.165, 1.54) is 50.9 Å². The van der Waals surface area contributed by atoms with Gasteiger partial charge in [0.1, 0.15) is 16.7 Å². The molecule has 1 amide bonds. The molecule has 1 unspecified atom stereocenters. The Hall–Kier alpha value is -3.49. The van der Waals surface area contributed by atoms with Crippen molar-refractivity contribution in [3.05, 3.63) is 41.5 Å². The molecule has 0 aliphatic rings. The Labute approximate surface area is 200 Å². The normalized spacial score (nSPS) is 11.9. The molecule has 0 aliphatic carbocycles. The van der Waals surface area contributed by atoms with E-state index >= 15 is 0 Å². The molecule has 2 rings (SSSR count). The summed E-state index contributed by atoms with van der Waals surface area (Å²) in [7, 11) is 1.80. The van der Waals surface area contributed by atoms with Crippen LogP contribution in [-0.4, -0.2) is 60.2 Å². The number of sulfonamides is 1. The molecule has 0 saturated carbocycles. The molecule has 0 fully saturated rings. The first-order chi connectivity index (χ1) is 16.2. The van der Waals surface area contributed by atoms with Gasteiger partial charge in [-0.15, -0.1) is 0 Å². The smallest absolute Gasteiger partial charge is 0.252 e. The van der Waals surface area contributed by atoms with Gasteiger partial charge in [-0.25, -0.2) is 8.42 Å². The third-order valence-electron chi connectivity index (χ3n) is 5.17. The lowest BCUT2D eigenvalue weighted by atomic mass is 10.1. The van der Waals surface area contributed by atoms with Crippen LogP contribution in [0.25, 0.3) is 0 Å². The Morgan fingerprint density at radius 3 is 1.97 bits per heavy atom. The Balaban J connectivity index is 2.46. The van der Waals surface area contributed by atoms with Crippen LogP contribution in [0.15, 0.2) is 35.2 Å². The number of nitrogens with one attached hydrogen (secondary N) is 1.